The molecular weight excluding hydrogens is 126 g/mol. The van der Waals surface area contributed by atoms with Gasteiger partial charge in [0.2, 0.25) is 0 Å². The number of rotatable bonds is 2. The first-order chi connectivity index (χ1) is 4.83. The zero-order chi connectivity index (χ0) is 7.40. The molecular formula is C8H15NO. The van der Waals surface area contributed by atoms with Gasteiger partial charge in [0.25, 0.3) is 0 Å². The predicted octanol–water partition coefficient (Wildman–Crippen LogP) is 2.58. The van der Waals surface area contributed by atoms with Crippen molar-refractivity contribution in [3.05, 3.63) is 4.91 Å². The van der Waals surface area contributed by atoms with Crippen LogP contribution in [0.15, 0.2) is 5.18 Å². The second kappa shape index (κ2) is 3.69. The maximum absolute atomic E-state index is 9.93. The SMILES string of the molecule is CC1CCCC(CN=O)C1. The lowest BCUT2D eigenvalue weighted by Crippen LogP contribution is -2.15. The van der Waals surface area contributed by atoms with Crippen molar-refractivity contribution in [2.45, 2.75) is 32.6 Å². The summed E-state index contributed by atoms with van der Waals surface area (Å²) in [6.07, 6.45) is 5.07. The molecule has 1 aliphatic carbocycles. The summed E-state index contributed by atoms with van der Waals surface area (Å²) in [6.45, 7) is 2.81. The van der Waals surface area contributed by atoms with Crippen molar-refractivity contribution < 1.29 is 0 Å². The van der Waals surface area contributed by atoms with E-state index >= 15 is 0 Å². The molecule has 1 saturated carbocycles. The van der Waals surface area contributed by atoms with Crippen molar-refractivity contribution in [3.63, 3.8) is 0 Å². The van der Waals surface area contributed by atoms with Gasteiger partial charge in [-0.1, -0.05) is 24.9 Å². The van der Waals surface area contributed by atoms with Gasteiger partial charge in [-0.2, -0.15) is 4.91 Å². The third-order valence-electron chi connectivity index (χ3n) is 2.38. The van der Waals surface area contributed by atoms with Crippen LogP contribution in [0, 0.1) is 16.7 Å². The highest BCUT2D eigenvalue weighted by molar-refractivity contribution is 4.71. The first-order valence-electron chi connectivity index (χ1n) is 4.12. The Morgan fingerprint density at radius 3 is 2.90 bits per heavy atom. The summed E-state index contributed by atoms with van der Waals surface area (Å²) < 4.78 is 0. The van der Waals surface area contributed by atoms with Crippen LogP contribution in [0.4, 0.5) is 0 Å². The third-order valence-corrected chi connectivity index (χ3v) is 2.38. The molecule has 1 rings (SSSR count). The van der Waals surface area contributed by atoms with Crippen LogP contribution in [0.3, 0.4) is 0 Å². The summed E-state index contributed by atoms with van der Waals surface area (Å²) >= 11 is 0. The highest BCUT2D eigenvalue weighted by Gasteiger charge is 2.18. The highest BCUT2D eigenvalue weighted by Crippen LogP contribution is 2.28. The van der Waals surface area contributed by atoms with Crippen molar-refractivity contribution in [2.24, 2.45) is 17.0 Å². The van der Waals surface area contributed by atoms with E-state index in [9.17, 15) is 4.91 Å². The zero-order valence-electron chi connectivity index (χ0n) is 6.55. The number of hydrogen-bond acceptors (Lipinski definition) is 2. The summed E-state index contributed by atoms with van der Waals surface area (Å²) in [7, 11) is 0. The molecule has 0 N–H and O–H groups in total. The minimum Gasteiger partial charge on any atom is -0.151 e. The fourth-order valence-electron chi connectivity index (χ4n) is 1.83. The molecule has 2 nitrogen and oxygen atoms in total. The van der Waals surface area contributed by atoms with Crippen LogP contribution >= 0.6 is 0 Å². The topological polar surface area (TPSA) is 29.4 Å². The van der Waals surface area contributed by atoms with Crippen LogP contribution in [-0.2, 0) is 0 Å². The summed E-state index contributed by atoms with van der Waals surface area (Å²) in [6, 6.07) is 0. The maximum Gasteiger partial charge on any atom is 0.0839 e. The zero-order valence-corrected chi connectivity index (χ0v) is 6.55. The molecule has 0 radical (unpaired) electrons. The van der Waals surface area contributed by atoms with E-state index in [4.69, 9.17) is 0 Å². The van der Waals surface area contributed by atoms with Crippen LogP contribution < -0.4 is 0 Å². The Labute approximate surface area is 62.0 Å². The van der Waals surface area contributed by atoms with Crippen molar-refractivity contribution in [1.29, 1.82) is 0 Å². The number of hydrogen-bond donors (Lipinski definition) is 0. The average Bonchev–Trinajstić information content (AvgIpc) is 1.88. The van der Waals surface area contributed by atoms with Gasteiger partial charge < -0.3 is 0 Å². The van der Waals surface area contributed by atoms with Gasteiger partial charge in [0.1, 0.15) is 0 Å². The van der Waals surface area contributed by atoms with Crippen molar-refractivity contribution >= 4 is 0 Å². The van der Waals surface area contributed by atoms with Gasteiger partial charge >= 0.3 is 0 Å². The van der Waals surface area contributed by atoms with Gasteiger partial charge in [0.05, 0.1) is 6.54 Å². The average molecular weight is 141 g/mol. The molecule has 58 valence electrons. The summed E-state index contributed by atoms with van der Waals surface area (Å²) in [5.74, 6) is 1.42. The Morgan fingerprint density at radius 1 is 1.50 bits per heavy atom. The fraction of sp³-hybridized carbons (Fsp3) is 1.00. The highest BCUT2D eigenvalue weighted by atomic mass is 16.3. The molecule has 10 heavy (non-hydrogen) atoms. The van der Waals surface area contributed by atoms with Crippen LogP contribution in [0.25, 0.3) is 0 Å². The maximum atomic E-state index is 9.93. The van der Waals surface area contributed by atoms with Crippen LogP contribution in [-0.4, -0.2) is 6.54 Å². The Kier molecular flexibility index (Phi) is 2.84. The van der Waals surface area contributed by atoms with E-state index in [2.05, 4.69) is 12.1 Å². The van der Waals surface area contributed by atoms with Crippen molar-refractivity contribution in [3.8, 4) is 0 Å². The Hall–Kier alpha value is -0.400. The molecule has 0 aromatic rings. The van der Waals surface area contributed by atoms with Crippen molar-refractivity contribution in [2.75, 3.05) is 6.54 Å². The van der Waals surface area contributed by atoms with Gasteiger partial charge in [0, 0.05) is 0 Å². The number of nitroso groups, excluding NO2 is 1. The summed E-state index contributed by atoms with van der Waals surface area (Å²) in [4.78, 5) is 9.93. The first kappa shape index (κ1) is 7.70. The second-order valence-electron chi connectivity index (χ2n) is 3.45. The second-order valence-corrected chi connectivity index (χ2v) is 3.45. The van der Waals surface area contributed by atoms with E-state index in [0.717, 1.165) is 5.92 Å². The lowest BCUT2D eigenvalue weighted by atomic mass is 9.83. The third kappa shape index (κ3) is 2.09. The molecule has 0 saturated heterocycles. The molecule has 1 aliphatic rings. The largest absolute Gasteiger partial charge is 0.151 e. The van der Waals surface area contributed by atoms with E-state index in [1.165, 1.54) is 25.7 Å². The summed E-state index contributed by atoms with van der Waals surface area (Å²) in [5.41, 5.74) is 0. The molecule has 0 spiro atoms. The van der Waals surface area contributed by atoms with E-state index in [-0.39, 0.29) is 0 Å². The van der Waals surface area contributed by atoms with Crippen molar-refractivity contribution in [1.82, 2.24) is 0 Å². The minimum atomic E-state index is 0.546. The van der Waals surface area contributed by atoms with Gasteiger partial charge in [0.15, 0.2) is 0 Å². The standard InChI is InChI=1S/C8H15NO/c1-7-3-2-4-8(5-7)6-9-10/h7-8H,2-6H2,1H3. The van der Waals surface area contributed by atoms with E-state index in [0.29, 0.717) is 12.5 Å². The molecule has 0 bridgehead atoms. The monoisotopic (exact) mass is 141 g/mol. The van der Waals surface area contributed by atoms with Gasteiger partial charge in [-0.15, -0.1) is 0 Å². The number of nitrogens with zero attached hydrogens (tertiary/aromatic N) is 1. The molecule has 0 amide bonds. The summed E-state index contributed by atoms with van der Waals surface area (Å²) in [5, 5.41) is 2.94. The Morgan fingerprint density at radius 2 is 2.30 bits per heavy atom. The lowest BCUT2D eigenvalue weighted by molar-refractivity contribution is 0.289. The fourth-order valence-corrected chi connectivity index (χ4v) is 1.83. The van der Waals surface area contributed by atoms with E-state index in [1.807, 2.05) is 0 Å². The van der Waals surface area contributed by atoms with Crippen LogP contribution in [0.1, 0.15) is 32.6 Å². The lowest BCUT2D eigenvalue weighted by Gasteiger charge is -2.24. The normalized spacial score (nSPS) is 33.7. The molecule has 1 fully saturated rings. The first-order valence-corrected chi connectivity index (χ1v) is 4.12. The Bertz CT molecular complexity index is 114. The molecule has 2 atom stereocenters. The molecule has 2 heteroatoms. The van der Waals surface area contributed by atoms with Crippen LogP contribution in [0.5, 0.6) is 0 Å². The molecule has 0 heterocycles. The molecule has 0 aromatic carbocycles. The minimum absolute atomic E-state index is 0.546. The van der Waals surface area contributed by atoms with E-state index < -0.39 is 0 Å². The smallest absolute Gasteiger partial charge is 0.0839 e. The Balaban J connectivity index is 2.24. The molecule has 0 aromatic heterocycles. The van der Waals surface area contributed by atoms with Gasteiger partial charge in [-0.3, -0.25) is 0 Å². The predicted molar refractivity (Wildman–Crippen MR) is 41.8 cm³/mol. The van der Waals surface area contributed by atoms with Gasteiger partial charge in [-0.05, 0) is 24.7 Å². The molecule has 2 unspecified atom stereocenters. The quantitative estimate of drug-likeness (QED) is 0.543. The van der Waals surface area contributed by atoms with E-state index in [1.54, 1.807) is 0 Å². The van der Waals surface area contributed by atoms with Crippen LogP contribution in [0.2, 0.25) is 0 Å². The van der Waals surface area contributed by atoms with Gasteiger partial charge in [-0.25, -0.2) is 0 Å². The molecule has 0 aliphatic heterocycles.